The SMILES string of the molecule is COCCCCCNCC(O)COc1cccc(OC)c1. The van der Waals surface area contributed by atoms with Crippen LogP contribution in [0.4, 0.5) is 0 Å². The summed E-state index contributed by atoms with van der Waals surface area (Å²) in [6.45, 7) is 2.52. The van der Waals surface area contributed by atoms with Crippen LogP contribution >= 0.6 is 0 Å². The van der Waals surface area contributed by atoms with E-state index in [9.17, 15) is 5.11 Å². The molecule has 0 spiro atoms. The molecular formula is C16H27NO4. The van der Waals surface area contributed by atoms with Crippen LogP contribution in [0.2, 0.25) is 0 Å². The van der Waals surface area contributed by atoms with Gasteiger partial charge < -0.3 is 24.6 Å². The minimum atomic E-state index is -0.518. The summed E-state index contributed by atoms with van der Waals surface area (Å²) in [5.74, 6) is 1.45. The average Bonchev–Trinajstić information content (AvgIpc) is 2.52. The monoisotopic (exact) mass is 297 g/mol. The Balaban J connectivity index is 2.06. The van der Waals surface area contributed by atoms with Crippen molar-refractivity contribution in [2.24, 2.45) is 0 Å². The van der Waals surface area contributed by atoms with E-state index in [0.29, 0.717) is 12.3 Å². The van der Waals surface area contributed by atoms with Crippen molar-refractivity contribution in [3.63, 3.8) is 0 Å². The number of benzene rings is 1. The summed E-state index contributed by atoms with van der Waals surface area (Å²) < 4.78 is 15.6. The highest BCUT2D eigenvalue weighted by atomic mass is 16.5. The Labute approximate surface area is 127 Å². The van der Waals surface area contributed by atoms with Gasteiger partial charge in [0.1, 0.15) is 24.2 Å². The molecule has 2 N–H and O–H groups in total. The Bertz CT molecular complexity index is 373. The van der Waals surface area contributed by atoms with Crippen molar-refractivity contribution in [2.75, 3.05) is 40.5 Å². The lowest BCUT2D eigenvalue weighted by molar-refractivity contribution is 0.106. The lowest BCUT2D eigenvalue weighted by Crippen LogP contribution is -2.32. The topological polar surface area (TPSA) is 60.0 Å². The van der Waals surface area contributed by atoms with E-state index in [4.69, 9.17) is 14.2 Å². The van der Waals surface area contributed by atoms with Crippen LogP contribution in [-0.4, -0.2) is 51.7 Å². The van der Waals surface area contributed by atoms with Crippen LogP contribution in [0.3, 0.4) is 0 Å². The highest BCUT2D eigenvalue weighted by molar-refractivity contribution is 5.32. The maximum atomic E-state index is 9.84. The Morgan fingerprint density at radius 2 is 1.95 bits per heavy atom. The highest BCUT2D eigenvalue weighted by Crippen LogP contribution is 2.18. The third-order valence-electron chi connectivity index (χ3n) is 3.07. The molecule has 5 heteroatoms. The first kappa shape index (κ1) is 17.8. The zero-order valence-corrected chi connectivity index (χ0v) is 13.0. The van der Waals surface area contributed by atoms with Gasteiger partial charge in [-0.25, -0.2) is 0 Å². The number of methoxy groups -OCH3 is 2. The average molecular weight is 297 g/mol. The Morgan fingerprint density at radius 1 is 1.14 bits per heavy atom. The Morgan fingerprint density at radius 3 is 2.71 bits per heavy atom. The first-order valence-corrected chi connectivity index (χ1v) is 7.41. The summed E-state index contributed by atoms with van der Waals surface area (Å²) in [7, 11) is 3.33. The maximum absolute atomic E-state index is 9.84. The molecule has 1 aromatic rings. The number of hydrogen-bond donors (Lipinski definition) is 2. The maximum Gasteiger partial charge on any atom is 0.123 e. The second-order valence-electron chi connectivity index (χ2n) is 4.90. The Hall–Kier alpha value is -1.30. The molecule has 0 aliphatic carbocycles. The van der Waals surface area contributed by atoms with Gasteiger partial charge in [-0.1, -0.05) is 6.07 Å². The highest BCUT2D eigenvalue weighted by Gasteiger charge is 2.05. The summed E-state index contributed by atoms with van der Waals surface area (Å²) in [4.78, 5) is 0. The molecule has 0 fully saturated rings. The second kappa shape index (κ2) is 11.4. The Kier molecular flexibility index (Phi) is 9.61. The number of aliphatic hydroxyl groups excluding tert-OH is 1. The van der Waals surface area contributed by atoms with Crippen molar-refractivity contribution in [2.45, 2.75) is 25.4 Å². The predicted octanol–water partition coefficient (Wildman–Crippen LogP) is 1.84. The summed E-state index contributed by atoms with van der Waals surface area (Å²) >= 11 is 0. The van der Waals surface area contributed by atoms with Crippen molar-refractivity contribution in [3.05, 3.63) is 24.3 Å². The molecule has 0 amide bonds. The minimum Gasteiger partial charge on any atom is -0.497 e. The number of unbranched alkanes of at least 4 members (excludes halogenated alkanes) is 2. The summed E-state index contributed by atoms with van der Waals surface area (Å²) in [6.07, 6.45) is 2.79. The molecule has 0 saturated heterocycles. The van der Waals surface area contributed by atoms with E-state index in [1.165, 1.54) is 0 Å². The molecule has 0 bridgehead atoms. The number of ether oxygens (including phenoxy) is 3. The molecule has 0 radical (unpaired) electrons. The van der Waals surface area contributed by atoms with E-state index >= 15 is 0 Å². The molecule has 0 aliphatic heterocycles. The van der Waals surface area contributed by atoms with Crippen molar-refractivity contribution < 1.29 is 19.3 Å². The van der Waals surface area contributed by atoms with Gasteiger partial charge in [0.2, 0.25) is 0 Å². The largest absolute Gasteiger partial charge is 0.497 e. The zero-order valence-electron chi connectivity index (χ0n) is 13.0. The first-order valence-electron chi connectivity index (χ1n) is 7.41. The van der Waals surface area contributed by atoms with Crippen LogP contribution in [0.1, 0.15) is 19.3 Å². The van der Waals surface area contributed by atoms with Gasteiger partial charge in [-0.05, 0) is 37.9 Å². The van der Waals surface area contributed by atoms with Crippen LogP contribution in [0.15, 0.2) is 24.3 Å². The number of hydrogen-bond acceptors (Lipinski definition) is 5. The molecule has 0 aromatic heterocycles. The van der Waals surface area contributed by atoms with Crippen LogP contribution in [-0.2, 0) is 4.74 Å². The van der Waals surface area contributed by atoms with E-state index in [-0.39, 0.29) is 6.61 Å². The summed E-state index contributed by atoms with van der Waals surface area (Å²) in [5.41, 5.74) is 0. The van der Waals surface area contributed by atoms with Gasteiger partial charge in [0.05, 0.1) is 7.11 Å². The molecule has 0 heterocycles. The molecule has 1 atom stereocenters. The third-order valence-corrected chi connectivity index (χ3v) is 3.07. The fourth-order valence-corrected chi connectivity index (χ4v) is 1.88. The number of aliphatic hydroxyl groups is 1. The molecule has 0 saturated carbocycles. The molecule has 1 rings (SSSR count). The zero-order chi connectivity index (χ0) is 15.3. The van der Waals surface area contributed by atoms with Crippen molar-refractivity contribution in [1.29, 1.82) is 0 Å². The normalized spacial score (nSPS) is 12.1. The van der Waals surface area contributed by atoms with Gasteiger partial charge in [0.25, 0.3) is 0 Å². The van der Waals surface area contributed by atoms with Crippen molar-refractivity contribution >= 4 is 0 Å². The van der Waals surface area contributed by atoms with E-state index in [2.05, 4.69) is 5.32 Å². The van der Waals surface area contributed by atoms with Crippen molar-refractivity contribution in [3.8, 4) is 11.5 Å². The molecular weight excluding hydrogens is 270 g/mol. The third kappa shape index (κ3) is 8.55. The number of nitrogens with one attached hydrogen (secondary N) is 1. The van der Waals surface area contributed by atoms with E-state index < -0.39 is 6.10 Å². The predicted molar refractivity (Wildman–Crippen MR) is 83.1 cm³/mol. The fraction of sp³-hybridized carbons (Fsp3) is 0.625. The van der Waals surface area contributed by atoms with Gasteiger partial charge in [0, 0.05) is 26.3 Å². The number of rotatable bonds is 12. The smallest absolute Gasteiger partial charge is 0.123 e. The lowest BCUT2D eigenvalue weighted by Gasteiger charge is -2.13. The lowest BCUT2D eigenvalue weighted by atomic mass is 10.2. The second-order valence-corrected chi connectivity index (χ2v) is 4.90. The van der Waals surface area contributed by atoms with Crippen LogP contribution in [0, 0.1) is 0 Å². The van der Waals surface area contributed by atoms with Gasteiger partial charge in [-0.3, -0.25) is 0 Å². The summed E-state index contributed by atoms with van der Waals surface area (Å²) in [6, 6.07) is 7.36. The molecule has 5 nitrogen and oxygen atoms in total. The van der Waals surface area contributed by atoms with Gasteiger partial charge >= 0.3 is 0 Å². The van der Waals surface area contributed by atoms with Gasteiger partial charge in [-0.15, -0.1) is 0 Å². The summed E-state index contributed by atoms with van der Waals surface area (Å²) in [5, 5.41) is 13.1. The molecule has 120 valence electrons. The van der Waals surface area contributed by atoms with Crippen LogP contribution in [0.5, 0.6) is 11.5 Å². The molecule has 21 heavy (non-hydrogen) atoms. The fourth-order valence-electron chi connectivity index (χ4n) is 1.88. The molecule has 1 aromatic carbocycles. The van der Waals surface area contributed by atoms with Crippen molar-refractivity contribution in [1.82, 2.24) is 5.32 Å². The first-order chi connectivity index (χ1) is 10.3. The minimum absolute atomic E-state index is 0.268. The standard InChI is InChI=1S/C16H27NO4/c1-19-10-5-3-4-9-17-12-14(18)13-21-16-8-6-7-15(11-16)20-2/h6-8,11,14,17-18H,3-5,9-10,12-13H2,1-2H3. The van der Waals surface area contributed by atoms with Crippen LogP contribution < -0.4 is 14.8 Å². The quantitative estimate of drug-likeness (QED) is 0.577. The van der Waals surface area contributed by atoms with Gasteiger partial charge in [-0.2, -0.15) is 0 Å². The molecule has 1 unspecified atom stereocenters. The van der Waals surface area contributed by atoms with Crippen LogP contribution in [0.25, 0.3) is 0 Å². The van der Waals surface area contributed by atoms with E-state index in [1.54, 1.807) is 20.3 Å². The van der Waals surface area contributed by atoms with Gasteiger partial charge in [0.15, 0.2) is 0 Å². The van der Waals surface area contributed by atoms with E-state index in [0.717, 1.165) is 38.2 Å². The molecule has 0 aliphatic rings. The van der Waals surface area contributed by atoms with E-state index in [1.807, 2.05) is 18.2 Å².